The molecule has 0 atom stereocenters. The lowest BCUT2D eigenvalue weighted by molar-refractivity contribution is 0.0633. The Hall–Kier alpha value is -4.06. The minimum Gasteiger partial charge on any atom is -0.266 e. The maximum Gasteiger partial charge on any atom is 0.413 e. The number of nitrogens with zero attached hydrogens (tertiary/aromatic N) is 4. The molecular weight excluding hydrogens is 456 g/mol. The lowest BCUT2D eigenvalue weighted by Crippen LogP contribution is -2.33. The Kier molecular flexibility index (Phi) is 10.1. The Labute approximate surface area is 211 Å². The molecule has 3 aromatic carbocycles. The minimum absolute atomic E-state index is 0.0539. The first kappa shape index (κ1) is 26.5. The molecule has 0 saturated heterocycles. The van der Waals surface area contributed by atoms with E-state index in [0.29, 0.717) is 30.0 Å². The first-order valence-electron chi connectivity index (χ1n) is 12.1. The third-order valence-corrected chi connectivity index (χ3v) is 5.37. The van der Waals surface area contributed by atoms with Gasteiger partial charge in [0.05, 0.1) is 25.0 Å². The zero-order chi connectivity index (χ0) is 25.8. The van der Waals surface area contributed by atoms with Gasteiger partial charge in [0.2, 0.25) is 5.39 Å². The molecule has 0 spiro atoms. The molecule has 0 fully saturated rings. The second-order valence-electron chi connectivity index (χ2n) is 8.08. The van der Waals surface area contributed by atoms with Crippen molar-refractivity contribution in [2.45, 2.75) is 39.5 Å². The molecule has 0 aromatic heterocycles. The predicted molar refractivity (Wildman–Crippen MR) is 139 cm³/mol. The molecule has 0 aliphatic heterocycles. The van der Waals surface area contributed by atoms with Crippen LogP contribution in [0.25, 0.3) is 4.98 Å². The quantitative estimate of drug-likeness (QED) is 0.157. The number of carbonyl (C=O) groups is 2. The van der Waals surface area contributed by atoms with Crippen molar-refractivity contribution in [3.63, 3.8) is 0 Å². The minimum atomic E-state index is -0.402. The summed E-state index contributed by atoms with van der Waals surface area (Å²) in [7, 11) is 0. The van der Waals surface area contributed by atoms with Crippen molar-refractivity contribution in [2.24, 2.45) is 0 Å². The maximum atomic E-state index is 13.3. The topological polar surface area (TPSA) is 87.2 Å². The number of anilines is 2. The Morgan fingerprint density at radius 2 is 1.25 bits per heavy atom. The molecule has 8 nitrogen and oxygen atoms in total. The van der Waals surface area contributed by atoms with Gasteiger partial charge in [-0.25, -0.2) is 0 Å². The number of hydroxylamine groups is 2. The number of benzene rings is 3. The molecule has 0 bridgehead atoms. The van der Waals surface area contributed by atoms with Crippen LogP contribution in [0.4, 0.5) is 17.1 Å². The fourth-order valence-corrected chi connectivity index (χ4v) is 3.37. The Bertz CT molecular complexity index is 1180. The van der Waals surface area contributed by atoms with Crippen LogP contribution in [0.2, 0.25) is 0 Å². The van der Waals surface area contributed by atoms with Gasteiger partial charge in [0, 0.05) is 11.1 Å². The Morgan fingerprint density at radius 3 is 1.75 bits per heavy atom. The summed E-state index contributed by atoms with van der Waals surface area (Å²) in [6.07, 6.45) is 3.29. The zero-order valence-electron chi connectivity index (χ0n) is 20.7. The van der Waals surface area contributed by atoms with Gasteiger partial charge in [-0.2, -0.15) is 10.1 Å². The highest BCUT2D eigenvalue weighted by atomic mass is 16.7. The van der Waals surface area contributed by atoms with Crippen molar-refractivity contribution in [3.05, 3.63) is 95.0 Å². The van der Waals surface area contributed by atoms with Crippen molar-refractivity contribution >= 4 is 28.9 Å². The van der Waals surface area contributed by atoms with Gasteiger partial charge in [0.25, 0.3) is 11.8 Å². The van der Waals surface area contributed by atoms with Crippen LogP contribution in [-0.4, -0.2) is 25.0 Å². The van der Waals surface area contributed by atoms with E-state index in [1.807, 2.05) is 26.0 Å². The van der Waals surface area contributed by atoms with E-state index in [9.17, 15) is 15.0 Å². The summed E-state index contributed by atoms with van der Waals surface area (Å²) in [5.74, 6) is -0.763. The molecule has 0 saturated carbocycles. The average Bonchev–Trinajstić information content (AvgIpc) is 2.94. The zero-order valence-corrected chi connectivity index (χ0v) is 20.7. The molecule has 0 unspecified atom stereocenters. The number of hydrogen-bond donors (Lipinski definition) is 0. The maximum absolute atomic E-state index is 13.3. The molecule has 3 rings (SSSR count). The summed E-state index contributed by atoms with van der Waals surface area (Å²) in [5, 5.41) is 12.2. The highest BCUT2D eigenvalue weighted by molar-refractivity contribution is 6.08. The van der Waals surface area contributed by atoms with E-state index >= 15 is 0 Å². The molecule has 36 heavy (non-hydrogen) atoms. The summed E-state index contributed by atoms with van der Waals surface area (Å²) < 4.78 is 0. The van der Waals surface area contributed by atoms with E-state index in [4.69, 9.17) is 9.68 Å². The average molecular weight is 488 g/mol. The van der Waals surface area contributed by atoms with E-state index in [1.165, 1.54) is 11.1 Å². The molecule has 0 N–H and O–H groups in total. The van der Waals surface area contributed by atoms with Gasteiger partial charge in [-0.05, 0) is 49.2 Å². The monoisotopic (exact) mass is 487 g/mol. The van der Waals surface area contributed by atoms with Crippen LogP contribution < -0.4 is 10.1 Å². The summed E-state index contributed by atoms with van der Waals surface area (Å²) >= 11 is 0. The summed E-state index contributed by atoms with van der Waals surface area (Å²) in [6.45, 7) is 4.69. The van der Waals surface area contributed by atoms with Gasteiger partial charge < -0.3 is 0 Å². The molecule has 0 aliphatic carbocycles. The fourth-order valence-electron chi connectivity index (χ4n) is 3.37. The third kappa shape index (κ3) is 6.75. The summed E-state index contributed by atoms with van der Waals surface area (Å²) in [5.41, 5.74) is 1.53. The number of hydrogen-bond acceptors (Lipinski definition) is 5. The van der Waals surface area contributed by atoms with Crippen LogP contribution in [0.3, 0.4) is 0 Å². The van der Waals surface area contributed by atoms with Gasteiger partial charge in [-0.3, -0.25) is 19.3 Å². The Balaban J connectivity index is 1.99. The van der Waals surface area contributed by atoms with Gasteiger partial charge in [0.15, 0.2) is 10.7 Å². The van der Waals surface area contributed by atoms with Crippen LogP contribution >= 0.6 is 0 Å². The summed E-state index contributed by atoms with van der Waals surface area (Å²) in [4.78, 5) is 41.6. The van der Waals surface area contributed by atoms with Crippen molar-refractivity contribution < 1.29 is 19.3 Å². The molecule has 186 valence electrons. The van der Waals surface area contributed by atoms with Gasteiger partial charge in [0.1, 0.15) is 0 Å². The van der Waals surface area contributed by atoms with Crippen molar-refractivity contribution in [2.75, 3.05) is 23.3 Å². The SMILES string of the molecule is CCCCON(C(=O)c1ccccc1)c1ccc(N(OCCCC)C(=O)c2ccccc2)c([N+]#N)c1. The van der Waals surface area contributed by atoms with Crippen LogP contribution in [0.1, 0.15) is 60.2 Å². The van der Waals surface area contributed by atoms with E-state index < -0.39 is 5.91 Å². The normalized spacial score (nSPS) is 10.5. The molecule has 0 radical (unpaired) electrons. The number of amides is 2. The molecule has 3 aromatic rings. The van der Waals surface area contributed by atoms with E-state index in [-0.39, 0.29) is 17.3 Å². The predicted octanol–water partition coefficient (Wildman–Crippen LogP) is 6.93. The number of unbranched alkanes of at least 4 members (excludes halogenated alkanes) is 2. The van der Waals surface area contributed by atoms with Crippen LogP contribution in [0, 0.1) is 5.39 Å². The van der Waals surface area contributed by atoms with Gasteiger partial charge in [-0.15, -0.1) is 0 Å². The highest BCUT2D eigenvalue weighted by Gasteiger charge is 2.30. The Morgan fingerprint density at radius 1 is 0.750 bits per heavy atom. The first-order valence-corrected chi connectivity index (χ1v) is 12.1. The lowest BCUT2D eigenvalue weighted by atomic mass is 10.1. The van der Waals surface area contributed by atoms with Gasteiger partial charge >= 0.3 is 5.69 Å². The third-order valence-electron chi connectivity index (χ3n) is 5.37. The second kappa shape index (κ2) is 13.7. The number of diazo groups is 1. The first-order chi connectivity index (χ1) is 17.6. The van der Waals surface area contributed by atoms with Crippen LogP contribution in [0.15, 0.2) is 78.9 Å². The van der Waals surface area contributed by atoms with Crippen molar-refractivity contribution in [3.8, 4) is 0 Å². The number of rotatable bonds is 12. The lowest BCUT2D eigenvalue weighted by Gasteiger charge is -2.23. The van der Waals surface area contributed by atoms with E-state index in [1.54, 1.807) is 60.7 Å². The molecular formula is C28H31N4O4+. The van der Waals surface area contributed by atoms with Crippen LogP contribution in [-0.2, 0) is 9.68 Å². The smallest absolute Gasteiger partial charge is 0.266 e. The standard InChI is InChI=1S/C28H31N4O4/c1-3-5-19-35-31(27(33)22-13-9-7-10-14-22)24-17-18-26(25(21-24)30-29)32(36-20-6-4-2)28(34)23-15-11-8-12-16-23/h7-18,21H,3-6,19-20H2,1-2H3/q+1. The van der Waals surface area contributed by atoms with Crippen molar-refractivity contribution in [1.29, 1.82) is 5.39 Å². The number of carbonyl (C=O) groups excluding carboxylic acids is 2. The molecule has 2 amide bonds. The van der Waals surface area contributed by atoms with E-state index in [2.05, 4.69) is 4.98 Å². The molecule has 0 heterocycles. The van der Waals surface area contributed by atoms with Crippen LogP contribution in [0.5, 0.6) is 0 Å². The highest BCUT2D eigenvalue weighted by Crippen LogP contribution is 2.35. The van der Waals surface area contributed by atoms with Gasteiger partial charge in [-0.1, -0.05) is 63.1 Å². The largest absolute Gasteiger partial charge is 0.413 e. The second-order valence-corrected chi connectivity index (χ2v) is 8.08. The van der Waals surface area contributed by atoms with E-state index in [0.717, 1.165) is 30.7 Å². The molecule has 0 aliphatic rings. The molecule has 8 heteroatoms. The summed E-state index contributed by atoms with van der Waals surface area (Å²) in [6, 6.07) is 22.2. The fraction of sp³-hybridized carbons (Fsp3) is 0.286. The van der Waals surface area contributed by atoms with Crippen molar-refractivity contribution in [1.82, 2.24) is 0 Å².